The van der Waals surface area contributed by atoms with Gasteiger partial charge in [0.05, 0.1) is 10.0 Å². The fourth-order valence-corrected chi connectivity index (χ4v) is 2.83. The van der Waals surface area contributed by atoms with Gasteiger partial charge in [-0.25, -0.2) is 0 Å². The summed E-state index contributed by atoms with van der Waals surface area (Å²) < 4.78 is 6.19. The molecule has 2 rings (SSSR count). The van der Waals surface area contributed by atoms with Gasteiger partial charge in [-0.05, 0) is 46.6 Å². The number of halogens is 1. The number of thiophene rings is 1. The van der Waals surface area contributed by atoms with Gasteiger partial charge < -0.3 is 4.42 Å². The summed E-state index contributed by atoms with van der Waals surface area (Å²) in [6.45, 7) is 1.88. The predicted octanol–water partition coefficient (Wildman–Crippen LogP) is 3.84. The summed E-state index contributed by atoms with van der Waals surface area (Å²) in [6, 6.07) is 5.70. The van der Waals surface area contributed by atoms with Gasteiger partial charge in [0.1, 0.15) is 0 Å². The van der Waals surface area contributed by atoms with Gasteiger partial charge in [-0.1, -0.05) is 0 Å². The number of Topliss-reactive ketones (excluding diaryl/α,β-unsaturated/α-hetero) is 1. The van der Waals surface area contributed by atoms with E-state index in [1.165, 1.54) is 0 Å². The van der Waals surface area contributed by atoms with E-state index < -0.39 is 0 Å². The molecule has 0 spiro atoms. The van der Waals surface area contributed by atoms with Crippen molar-refractivity contribution in [3.05, 3.63) is 44.4 Å². The Morgan fingerprint density at radius 3 is 2.80 bits per heavy atom. The first-order chi connectivity index (χ1) is 7.16. The van der Waals surface area contributed by atoms with Crippen LogP contribution in [0.2, 0.25) is 0 Å². The van der Waals surface area contributed by atoms with Crippen LogP contribution in [0.4, 0.5) is 0 Å². The zero-order chi connectivity index (χ0) is 10.8. The molecule has 4 heteroatoms. The summed E-state index contributed by atoms with van der Waals surface area (Å²) in [6.07, 6.45) is 1.96. The molecule has 0 N–H and O–H groups in total. The number of hydrogen-bond acceptors (Lipinski definition) is 3. The Morgan fingerprint density at radius 1 is 1.47 bits per heavy atom. The molecule has 2 nitrogen and oxygen atoms in total. The van der Waals surface area contributed by atoms with E-state index in [9.17, 15) is 4.79 Å². The van der Waals surface area contributed by atoms with Crippen LogP contribution in [0.3, 0.4) is 0 Å². The van der Waals surface area contributed by atoms with Crippen molar-refractivity contribution in [1.82, 2.24) is 0 Å². The lowest BCUT2D eigenvalue weighted by atomic mass is 10.1. The number of aryl methyl sites for hydroxylation is 1. The molecule has 78 valence electrons. The minimum Gasteiger partial charge on any atom is -0.461 e. The molecule has 0 aliphatic rings. The maximum atomic E-state index is 11.8. The number of furan rings is 1. The van der Waals surface area contributed by atoms with Crippen molar-refractivity contribution in [2.45, 2.75) is 13.3 Å². The lowest BCUT2D eigenvalue weighted by molar-refractivity contribution is 0.0966. The highest BCUT2D eigenvalue weighted by Gasteiger charge is 2.14. The molecule has 0 unspecified atom stereocenters. The molecule has 2 heterocycles. The molecular weight excluding hydrogens is 276 g/mol. The predicted molar refractivity (Wildman–Crippen MR) is 63.5 cm³/mol. The number of carbonyl (C=O) groups is 1. The lowest BCUT2D eigenvalue weighted by Gasteiger charge is -1.95. The van der Waals surface area contributed by atoms with Crippen LogP contribution in [0.15, 0.2) is 32.7 Å². The number of rotatable bonds is 3. The third-order valence-corrected chi connectivity index (χ3v) is 3.70. The molecule has 0 bridgehead atoms. The van der Waals surface area contributed by atoms with Gasteiger partial charge >= 0.3 is 0 Å². The topological polar surface area (TPSA) is 30.2 Å². The van der Waals surface area contributed by atoms with Crippen LogP contribution in [0, 0.1) is 6.92 Å². The second kappa shape index (κ2) is 4.33. The van der Waals surface area contributed by atoms with Gasteiger partial charge in [0.2, 0.25) is 5.78 Å². The summed E-state index contributed by atoms with van der Waals surface area (Å²) >= 11 is 4.94. The van der Waals surface area contributed by atoms with Crippen molar-refractivity contribution >= 4 is 33.0 Å². The Morgan fingerprint density at radius 2 is 2.27 bits per heavy atom. The average Bonchev–Trinajstić information content (AvgIpc) is 2.75. The molecular formula is C11H9BrO2S. The van der Waals surface area contributed by atoms with Crippen molar-refractivity contribution in [2.24, 2.45) is 0 Å². The number of ketones is 1. The van der Waals surface area contributed by atoms with Crippen molar-refractivity contribution in [3.63, 3.8) is 0 Å². The molecule has 0 amide bonds. The molecule has 0 atom stereocenters. The lowest BCUT2D eigenvalue weighted by Crippen LogP contribution is -2.02. The van der Waals surface area contributed by atoms with E-state index in [0.717, 1.165) is 14.2 Å². The van der Waals surface area contributed by atoms with Gasteiger partial charge in [-0.3, -0.25) is 4.79 Å². The molecule has 0 saturated heterocycles. The van der Waals surface area contributed by atoms with Crippen molar-refractivity contribution < 1.29 is 9.21 Å². The highest BCUT2D eigenvalue weighted by atomic mass is 79.9. The van der Waals surface area contributed by atoms with Crippen LogP contribution in [0.25, 0.3) is 0 Å². The van der Waals surface area contributed by atoms with Crippen LogP contribution < -0.4 is 0 Å². The van der Waals surface area contributed by atoms with E-state index in [2.05, 4.69) is 15.9 Å². The highest BCUT2D eigenvalue weighted by Crippen LogP contribution is 2.23. The Kier molecular flexibility index (Phi) is 3.07. The fourth-order valence-electron chi connectivity index (χ4n) is 1.34. The van der Waals surface area contributed by atoms with E-state index in [4.69, 9.17) is 4.42 Å². The molecule has 0 aliphatic carbocycles. The normalized spacial score (nSPS) is 10.5. The minimum absolute atomic E-state index is 0.0341. The van der Waals surface area contributed by atoms with Gasteiger partial charge in [0.25, 0.3) is 0 Å². The van der Waals surface area contributed by atoms with Crippen LogP contribution in [0.5, 0.6) is 0 Å². The SMILES string of the molecule is Cc1ccoc1C(=O)Cc1ccc(Br)s1. The van der Waals surface area contributed by atoms with Gasteiger partial charge in [-0.2, -0.15) is 0 Å². The van der Waals surface area contributed by atoms with Gasteiger partial charge in [0.15, 0.2) is 5.76 Å². The summed E-state index contributed by atoms with van der Waals surface area (Å²) in [5.41, 5.74) is 0.899. The maximum absolute atomic E-state index is 11.8. The van der Waals surface area contributed by atoms with E-state index in [1.54, 1.807) is 23.7 Å². The minimum atomic E-state index is 0.0341. The number of carbonyl (C=O) groups excluding carboxylic acids is 1. The first-order valence-electron chi connectivity index (χ1n) is 4.48. The second-order valence-corrected chi connectivity index (χ2v) is 5.79. The van der Waals surface area contributed by atoms with E-state index in [-0.39, 0.29) is 5.78 Å². The Balaban J connectivity index is 2.14. The smallest absolute Gasteiger partial charge is 0.203 e. The van der Waals surface area contributed by atoms with E-state index in [1.807, 2.05) is 19.1 Å². The largest absolute Gasteiger partial charge is 0.461 e. The van der Waals surface area contributed by atoms with Crippen LogP contribution >= 0.6 is 27.3 Å². The summed E-state index contributed by atoms with van der Waals surface area (Å²) in [5.74, 6) is 0.506. The third kappa shape index (κ3) is 2.38. The standard InChI is InChI=1S/C11H9BrO2S/c1-7-4-5-14-11(7)9(13)6-8-2-3-10(12)15-8/h2-5H,6H2,1H3. The Bertz CT molecular complexity index is 484. The highest BCUT2D eigenvalue weighted by molar-refractivity contribution is 9.11. The van der Waals surface area contributed by atoms with Crippen LogP contribution in [-0.4, -0.2) is 5.78 Å². The molecule has 2 aromatic heterocycles. The van der Waals surface area contributed by atoms with Crippen molar-refractivity contribution in [3.8, 4) is 0 Å². The first kappa shape index (κ1) is 10.6. The Hall–Kier alpha value is -0.870. The quantitative estimate of drug-likeness (QED) is 0.802. The molecule has 0 saturated carbocycles. The number of hydrogen-bond donors (Lipinski definition) is 0. The first-order valence-corrected chi connectivity index (χ1v) is 6.09. The molecule has 0 aromatic carbocycles. The molecule has 0 radical (unpaired) electrons. The molecule has 2 aromatic rings. The van der Waals surface area contributed by atoms with Gasteiger partial charge in [0, 0.05) is 11.3 Å². The summed E-state index contributed by atoms with van der Waals surface area (Å²) in [5, 5.41) is 0. The second-order valence-electron chi connectivity index (χ2n) is 3.24. The van der Waals surface area contributed by atoms with Gasteiger partial charge in [-0.15, -0.1) is 11.3 Å². The average molecular weight is 285 g/mol. The molecule has 15 heavy (non-hydrogen) atoms. The summed E-state index contributed by atoms with van der Waals surface area (Å²) in [7, 11) is 0. The third-order valence-electron chi connectivity index (χ3n) is 2.08. The van der Waals surface area contributed by atoms with E-state index >= 15 is 0 Å². The van der Waals surface area contributed by atoms with Crippen molar-refractivity contribution in [2.75, 3.05) is 0 Å². The zero-order valence-corrected chi connectivity index (χ0v) is 10.5. The monoisotopic (exact) mass is 284 g/mol. The molecule has 0 fully saturated rings. The molecule has 0 aliphatic heterocycles. The maximum Gasteiger partial charge on any atom is 0.203 e. The van der Waals surface area contributed by atoms with Crippen LogP contribution in [0.1, 0.15) is 21.0 Å². The zero-order valence-electron chi connectivity index (χ0n) is 8.12. The van der Waals surface area contributed by atoms with Crippen LogP contribution in [-0.2, 0) is 6.42 Å². The Labute approximate surface area is 100 Å². The van der Waals surface area contributed by atoms with Crippen molar-refractivity contribution in [1.29, 1.82) is 0 Å². The fraction of sp³-hybridized carbons (Fsp3) is 0.182. The summed E-state index contributed by atoms with van der Waals surface area (Å²) in [4.78, 5) is 12.8. The van der Waals surface area contributed by atoms with E-state index in [0.29, 0.717) is 12.2 Å².